The molecule has 3 rings (SSSR count). The van der Waals surface area contributed by atoms with E-state index < -0.39 is 0 Å². The van der Waals surface area contributed by atoms with Crippen LogP contribution in [0.25, 0.3) is 0 Å². The Bertz CT molecular complexity index is 439. The second-order valence-electron chi connectivity index (χ2n) is 5.55. The van der Waals surface area contributed by atoms with Crippen LogP contribution in [0.2, 0.25) is 0 Å². The highest BCUT2D eigenvalue weighted by atomic mass is 16.3. The van der Waals surface area contributed by atoms with E-state index in [0.717, 1.165) is 57.2 Å². The number of aromatic nitrogens is 1. The zero-order valence-electron chi connectivity index (χ0n) is 11.5. The molecule has 19 heavy (non-hydrogen) atoms. The Balaban J connectivity index is 1.52. The van der Waals surface area contributed by atoms with Crippen molar-refractivity contribution in [3.63, 3.8) is 0 Å². The molecule has 0 radical (unpaired) electrons. The lowest BCUT2D eigenvalue weighted by Crippen LogP contribution is -2.62. The van der Waals surface area contributed by atoms with Crippen molar-refractivity contribution < 1.29 is 5.11 Å². The Morgan fingerprint density at radius 2 is 2.05 bits per heavy atom. The normalized spacial score (nSPS) is 22.4. The average molecular weight is 262 g/mol. The van der Waals surface area contributed by atoms with Crippen LogP contribution >= 0.6 is 0 Å². The highest BCUT2D eigenvalue weighted by Gasteiger charge is 2.32. The maximum absolute atomic E-state index is 9.81. The van der Waals surface area contributed by atoms with Crippen LogP contribution in [0.15, 0.2) is 12.1 Å². The largest absolute Gasteiger partial charge is 0.506 e. The van der Waals surface area contributed by atoms with Gasteiger partial charge in [0.15, 0.2) is 0 Å². The summed E-state index contributed by atoms with van der Waals surface area (Å²) in [6.45, 7) is 9.44. The molecular weight excluding hydrogens is 240 g/mol. The van der Waals surface area contributed by atoms with Gasteiger partial charge < -0.3 is 10.4 Å². The van der Waals surface area contributed by atoms with E-state index in [2.05, 4.69) is 20.1 Å². The van der Waals surface area contributed by atoms with Crippen LogP contribution in [0.1, 0.15) is 11.4 Å². The summed E-state index contributed by atoms with van der Waals surface area (Å²) in [5.74, 6) is 0.316. The third kappa shape index (κ3) is 2.88. The van der Waals surface area contributed by atoms with E-state index in [1.807, 2.05) is 13.0 Å². The second kappa shape index (κ2) is 5.45. The van der Waals surface area contributed by atoms with E-state index in [1.165, 1.54) is 0 Å². The van der Waals surface area contributed by atoms with Crippen LogP contribution in [0, 0.1) is 6.92 Å². The van der Waals surface area contributed by atoms with Gasteiger partial charge in [-0.2, -0.15) is 0 Å². The van der Waals surface area contributed by atoms with E-state index in [4.69, 9.17) is 0 Å². The predicted octanol–water partition coefficient (Wildman–Crippen LogP) is 0.185. The molecule has 1 aromatic rings. The van der Waals surface area contributed by atoms with Crippen molar-refractivity contribution in [1.29, 1.82) is 0 Å². The molecule has 0 aliphatic carbocycles. The van der Waals surface area contributed by atoms with Crippen molar-refractivity contribution in [2.45, 2.75) is 19.5 Å². The van der Waals surface area contributed by atoms with Gasteiger partial charge in [-0.3, -0.25) is 14.8 Å². The third-order valence-corrected chi connectivity index (χ3v) is 4.07. The fourth-order valence-corrected chi connectivity index (χ4v) is 2.88. The zero-order valence-corrected chi connectivity index (χ0v) is 11.5. The van der Waals surface area contributed by atoms with Gasteiger partial charge in [0, 0.05) is 57.5 Å². The molecule has 0 unspecified atom stereocenters. The molecule has 0 amide bonds. The average Bonchev–Trinajstić information content (AvgIpc) is 2.38. The van der Waals surface area contributed by atoms with Gasteiger partial charge in [-0.15, -0.1) is 0 Å². The predicted molar refractivity (Wildman–Crippen MR) is 74.1 cm³/mol. The fraction of sp³-hybridized carbons (Fsp3) is 0.643. The van der Waals surface area contributed by atoms with E-state index in [1.54, 1.807) is 6.07 Å². The lowest BCUT2D eigenvalue weighted by atomic mass is 10.1. The first kappa shape index (κ1) is 12.8. The number of aromatic hydroxyl groups is 1. The number of nitrogens with one attached hydrogen (secondary N) is 1. The summed E-state index contributed by atoms with van der Waals surface area (Å²) >= 11 is 0. The van der Waals surface area contributed by atoms with Crippen LogP contribution in [0.3, 0.4) is 0 Å². The van der Waals surface area contributed by atoms with Gasteiger partial charge in [0.1, 0.15) is 5.75 Å². The molecule has 2 fully saturated rings. The van der Waals surface area contributed by atoms with E-state index in [-0.39, 0.29) is 0 Å². The maximum atomic E-state index is 9.81. The highest BCUT2D eigenvalue weighted by molar-refractivity contribution is 5.27. The number of piperazine rings is 1. The Kier molecular flexibility index (Phi) is 3.68. The summed E-state index contributed by atoms with van der Waals surface area (Å²) in [4.78, 5) is 9.34. The smallest absolute Gasteiger partial charge is 0.138 e. The number of pyridine rings is 1. The van der Waals surface area contributed by atoms with Gasteiger partial charge >= 0.3 is 0 Å². The second-order valence-corrected chi connectivity index (χ2v) is 5.55. The van der Waals surface area contributed by atoms with Crippen LogP contribution in [0.5, 0.6) is 5.75 Å². The van der Waals surface area contributed by atoms with Gasteiger partial charge in [0.25, 0.3) is 0 Å². The summed E-state index contributed by atoms with van der Waals surface area (Å²) in [6.07, 6.45) is 0. The van der Waals surface area contributed by atoms with Gasteiger partial charge in [0.2, 0.25) is 0 Å². The van der Waals surface area contributed by atoms with E-state index >= 15 is 0 Å². The molecule has 2 N–H and O–H groups in total. The SMILES string of the molecule is Cc1ccc(O)c(CN2CC(N3CCNCC3)C2)n1. The summed E-state index contributed by atoms with van der Waals surface area (Å²) in [5.41, 5.74) is 1.77. The van der Waals surface area contributed by atoms with E-state index in [9.17, 15) is 5.11 Å². The summed E-state index contributed by atoms with van der Waals surface area (Å²) in [5, 5.41) is 13.2. The van der Waals surface area contributed by atoms with Crippen molar-refractivity contribution in [2.75, 3.05) is 39.3 Å². The summed E-state index contributed by atoms with van der Waals surface area (Å²) < 4.78 is 0. The first-order chi connectivity index (χ1) is 9.22. The number of aryl methyl sites for hydroxylation is 1. The molecule has 2 saturated heterocycles. The van der Waals surface area contributed by atoms with Gasteiger partial charge in [0.05, 0.1) is 5.69 Å². The molecule has 3 heterocycles. The Morgan fingerprint density at radius 3 is 2.79 bits per heavy atom. The minimum absolute atomic E-state index is 0.316. The number of nitrogens with zero attached hydrogens (tertiary/aromatic N) is 3. The molecule has 2 aliphatic heterocycles. The Labute approximate surface area is 114 Å². The first-order valence-corrected chi connectivity index (χ1v) is 7.05. The minimum Gasteiger partial charge on any atom is -0.506 e. The summed E-state index contributed by atoms with van der Waals surface area (Å²) in [6, 6.07) is 4.28. The van der Waals surface area contributed by atoms with Crippen molar-refractivity contribution in [3.05, 3.63) is 23.5 Å². The standard InChI is InChI=1S/C14H22N4O/c1-11-2-3-14(19)13(16-11)10-17-8-12(9-17)18-6-4-15-5-7-18/h2-3,12,15,19H,4-10H2,1H3. The molecule has 0 aromatic carbocycles. The van der Waals surface area contributed by atoms with Crippen molar-refractivity contribution in [3.8, 4) is 5.75 Å². The van der Waals surface area contributed by atoms with Gasteiger partial charge in [-0.1, -0.05) is 0 Å². The van der Waals surface area contributed by atoms with Crippen LogP contribution in [-0.2, 0) is 6.54 Å². The monoisotopic (exact) mass is 262 g/mol. The van der Waals surface area contributed by atoms with Crippen molar-refractivity contribution in [2.24, 2.45) is 0 Å². The minimum atomic E-state index is 0.316. The van der Waals surface area contributed by atoms with Crippen LogP contribution in [-0.4, -0.2) is 65.2 Å². The molecule has 104 valence electrons. The fourth-order valence-electron chi connectivity index (χ4n) is 2.88. The number of rotatable bonds is 3. The summed E-state index contributed by atoms with van der Waals surface area (Å²) in [7, 11) is 0. The molecule has 1 aromatic heterocycles. The topological polar surface area (TPSA) is 51.6 Å². The quantitative estimate of drug-likeness (QED) is 0.814. The lowest BCUT2D eigenvalue weighted by Gasteiger charge is -2.46. The number of hydrogen-bond acceptors (Lipinski definition) is 5. The molecule has 0 bridgehead atoms. The Morgan fingerprint density at radius 1 is 1.32 bits per heavy atom. The van der Waals surface area contributed by atoms with Gasteiger partial charge in [-0.25, -0.2) is 0 Å². The van der Waals surface area contributed by atoms with E-state index in [0.29, 0.717) is 11.8 Å². The molecule has 0 spiro atoms. The van der Waals surface area contributed by atoms with Crippen molar-refractivity contribution in [1.82, 2.24) is 20.1 Å². The lowest BCUT2D eigenvalue weighted by molar-refractivity contribution is 0.0211. The first-order valence-electron chi connectivity index (χ1n) is 7.05. The molecule has 5 heteroatoms. The van der Waals surface area contributed by atoms with Gasteiger partial charge in [-0.05, 0) is 19.1 Å². The molecule has 5 nitrogen and oxygen atoms in total. The molecule has 0 atom stereocenters. The van der Waals surface area contributed by atoms with Crippen LogP contribution < -0.4 is 5.32 Å². The molecule has 0 saturated carbocycles. The Hall–Kier alpha value is -1.17. The molecule has 2 aliphatic rings. The molecular formula is C14H22N4O. The highest BCUT2D eigenvalue weighted by Crippen LogP contribution is 2.22. The number of likely N-dealkylation sites (tertiary alicyclic amines) is 1. The third-order valence-electron chi connectivity index (χ3n) is 4.07. The van der Waals surface area contributed by atoms with Crippen LogP contribution in [0.4, 0.5) is 0 Å². The zero-order chi connectivity index (χ0) is 13.2. The van der Waals surface area contributed by atoms with Crippen molar-refractivity contribution >= 4 is 0 Å². The number of hydrogen-bond donors (Lipinski definition) is 2. The maximum Gasteiger partial charge on any atom is 0.138 e.